The van der Waals surface area contributed by atoms with Crippen LogP contribution in [0.4, 0.5) is 5.69 Å². The van der Waals surface area contributed by atoms with E-state index >= 15 is 0 Å². The van der Waals surface area contributed by atoms with Crippen molar-refractivity contribution >= 4 is 17.5 Å². The Morgan fingerprint density at radius 3 is 2.59 bits per heavy atom. The van der Waals surface area contributed by atoms with Crippen LogP contribution in [-0.4, -0.2) is 69.3 Å². The van der Waals surface area contributed by atoms with Crippen molar-refractivity contribution in [3.8, 4) is 0 Å². The third-order valence-electron chi connectivity index (χ3n) is 5.93. The van der Waals surface area contributed by atoms with Crippen LogP contribution < -0.4 is 5.32 Å². The number of rotatable bonds is 9. The summed E-state index contributed by atoms with van der Waals surface area (Å²) in [6.07, 6.45) is 2.13. The van der Waals surface area contributed by atoms with Gasteiger partial charge in [0.1, 0.15) is 5.69 Å². The van der Waals surface area contributed by atoms with Crippen LogP contribution in [0.5, 0.6) is 0 Å². The van der Waals surface area contributed by atoms with Crippen molar-refractivity contribution in [1.29, 1.82) is 0 Å². The summed E-state index contributed by atoms with van der Waals surface area (Å²) < 4.78 is 6.70. The van der Waals surface area contributed by atoms with Crippen LogP contribution in [0, 0.1) is 24.0 Å². The Labute approximate surface area is 198 Å². The predicted molar refractivity (Wildman–Crippen MR) is 125 cm³/mol. The third kappa shape index (κ3) is 5.58. The fraction of sp³-hybridized carbons (Fsp3) is 0.565. The minimum atomic E-state index is -0.558. The van der Waals surface area contributed by atoms with Gasteiger partial charge in [-0.1, -0.05) is 6.92 Å². The quantitative estimate of drug-likeness (QED) is 0.337. The van der Waals surface area contributed by atoms with Gasteiger partial charge >= 0.3 is 5.69 Å². The normalized spacial score (nSPS) is 14.3. The van der Waals surface area contributed by atoms with Gasteiger partial charge < -0.3 is 15.0 Å². The van der Waals surface area contributed by atoms with E-state index in [1.807, 2.05) is 19.9 Å². The highest BCUT2D eigenvalue weighted by atomic mass is 16.6. The number of carbonyl (C=O) groups is 2. The second kappa shape index (κ2) is 11.2. The smallest absolute Gasteiger partial charge is 0.322 e. The number of nitro groups is 1. The second-order valence-corrected chi connectivity index (χ2v) is 8.48. The van der Waals surface area contributed by atoms with Crippen molar-refractivity contribution in [2.24, 2.45) is 7.05 Å². The van der Waals surface area contributed by atoms with Crippen LogP contribution in [0.2, 0.25) is 0 Å². The van der Waals surface area contributed by atoms with Gasteiger partial charge in [-0.15, -0.1) is 0 Å². The molecule has 2 aromatic rings. The molecule has 0 unspecified atom stereocenters. The summed E-state index contributed by atoms with van der Waals surface area (Å²) in [5.74, 6) is -0.595. The van der Waals surface area contributed by atoms with Crippen LogP contribution in [0.3, 0.4) is 0 Å². The molecule has 0 saturated carbocycles. The van der Waals surface area contributed by atoms with Crippen molar-refractivity contribution < 1.29 is 19.2 Å². The first-order valence-corrected chi connectivity index (χ1v) is 11.5. The molecular formula is C23H32N6O5. The van der Waals surface area contributed by atoms with Gasteiger partial charge in [-0.25, -0.2) is 0 Å². The van der Waals surface area contributed by atoms with Gasteiger partial charge in [0, 0.05) is 44.9 Å². The van der Waals surface area contributed by atoms with Gasteiger partial charge in [-0.05, 0) is 45.2 Å². The third-order valence-corrected chi connectivity index (χ3v) is 5.93. The largest absolute Gasteiger partial charge is 0.380 e. The lowest BCUT2D eigenvalue weighted by Crippen LogP contribution is -2.39. The minimum Gasteiger partial charge on any atom is -0.380 e. The fourth-order valence-electron chi connectivity index (χ4n) is 4.27. The summed E-state index contributed by atoms with van der Waals surface area (Å²) in [7, 11) is 1.54. The lowest BCUT2D eigenvalue weighted by Gasteiger charge is -2.32. The first kappa shape index (κ1) is 25.3. The Balaban J connectivity index is 1.70. The van der Waals surface area contributed by atoms with E-state index in [9.17, 15) is 19.7 Å². The Kier molecular flexibility index (Phi) is 8.32. The molecule has 1 fully saturated rings. The molecule has 0 aromatic carbocycles. The highest BCUT2D eigenvalue weighted by Crippen LogP contribution is 2.31. The molecule has 0 aliphatic carbocycles. The molecule has 0 atom stereocenters. The highest BCUT2D eigenvalue weighted by molar-refractivity contribution is 5.97. The number of aryl methyl sites for hydroxylation is 3. The molecular weight excluding hydrogens is 440 g/mol. The molecule has 1 aliphatic rings. The van der Waals surface area contributed by atoms with Crippen molar-refractivity contribution in [3.63, 3.8) is 0 Å². The van der Waals surface area contributed by atoms with Crippen molar-refractivity contribution in [1.82, 2.24) is 25.0 Å². The number of nitrogens with zero attached hydrogens (tertiary/aromatic N) is 5. The Morgan fingerprint density at radius 1 is 1.24 bits per heavy atom. The molecule has 3 heterocycles. The summed E-state index contributed by atoms with van der Waals surface area (Å²) in [5, 5.41) is 18.4. The molecule has 1 N–H and O–H groups in total. The average molecular weight is 473 g/mol. The number of aromatic nitrogens is 3. The Bertz CT molecular complexity index is 1060. The monoisotopic (exact) mass is 472 g/mol. The summed E-state index contributed by atoms with van der Waals surface area (Å²) in [5.41, 5.74) is 2.02. The van der Waals surface area contributed by atoms with E-state index in [4.69, 9.17) is 4.74 Å². The summed E-state index contributed by atoms with van der Waals surface area (Å²) in [4.78, 5) is 43.1. The van der Waals surface area contributed by atoms with Gasteiger partial charge in [0.25, 0.3) is 11.8 Å². The van der Waals surface area contributed by atoms with E-state index in [0.29, 0.717) is 51.3 Å². The van der Waals surface area contributed by atoms with E-state index in [0.717, 1.165) is 17.8 Å². The molecule has 1 aliphatic heterocycles. The van der Waals surface area contributed by atoms with Crippen LogP contribution in [0.15, 0.2) is 12.1 Å². The molecule has 3 rings (SSSR count). The number of ether oxygens (including phenoxy) is 1. The number of hydrogen-bond acceptors (Lipinski definition) is 7. The molecule has 0 bridgehead atoms. The maximum Gasteiger partial charge on any atom is 0.322 e. The number of amides is 2. The van der Waals surface area contributed by atoms with E-state index < -0.39 is 10.8 Å². The number of pyridine rings is 1. The van der Waals surface area contributed by atoms with Gasteiger partial charge in [0.15, 0.2) is 0 Å². The highest BCUT2D eigenvalue weighted by Gasteiger charge is 2.35. The molecule has 2 amide bonds. The lowest BCUT2D eigenvalue weighted by molar-refractivity contribution is -0.385. The zero-order valence-corrected chi connectivity index (χ0v) is 20.2. The first-order valence-electron chi connectivity index (χ1n) is 11.5. The van der Waals surface area contributed by atoms with Crippen LogP contribution in [-0.2, 0) is 11.8 Å². The summed E-state index contributed by atoms with van der Waals surface area (Å²) in [6.45, 7) is 7.78. The van der Waals surface area contributed by atoms with Crippen molar-refractivity contribution in [2.45, 2.75) is 46.0 Å². The maximum atomic E-state index is 13.1. The molecule has 184 valence electrons. The zero-order chi connectivity index (χ0) is 24.8. The number of hydrogen-bond donors (Lipinski definition) is 1. The number of carbonyl (C=O) groups excluding carboxylic acids is 2. The van der Waals surface area contributed by atoms with Gasteiger partial charge in [-0.3, -0.25) is 29.4 Å². The van der Waals surface area contributed by atoms with E-state index in [-0.39, 0.29) is 28.9 Å². The Hall–Kier alpha value is -3.34. The maximum absolute atomic E-state index is 13.1. The predicted octanol–water partition coefficient (Wildman–Crippen LogP) is 2.52. The number of piperidine rings is 1. The van der Waals surface area contributed by atoms with Gasteiger partial charge in [0.05, 0.1) is 22.8 Å². The first-order chi connectivity index (χ1) is 16.2. The van der Waals surface area contributed by atoms with Gasteiger partial charge in [-0.2, -0.15) is 5.10 Å². The standard InChI is InChI=1S/C23H32N6O5/c1-5-13-34-14-10-24-22(30)18-7-6-15(2)25-19(18)17-8-11-28(12-9-17)23(31)21-20(29(32)33)16(3)26-27(21)4/h6-7,17H,5,8-14H2,1-4H3,(H,24,30). The number of nitrogens with one attached hydrogen (secondary N) is 1. The lowest BCUT2D eigenvalue weighted by atomic mass is 9.89. The topological polar surface area (TPSA) is 132 Å². The zero-order valence-electron chi connectivity index (χ0n) is 20.2. The SMILES string of the molecule is CCCOCCNC(=O)c1ccc(C)nc1C1CCN(C(=O)c2c([N+](=O)[O-])c(C)nn2C)CC1. The van der Waals surface area contributed by atoms with Crippen LogP contribution >= 0.6 is 0 Å². The van der Waals surface area contributed by atoms with Crippen LogP contribution in [0.1, 0.15) is 70.0 Å². The average Bonchev–Trinajstić information content (AvgIpc) is 3.12. The van der Waals surface area contributed by atoms with Crippen molar-refractivity contribution in [2.75, 3.05) is 32.8 Å². The van der Waals surface area contributed by atoms with E-state index in [1.165, 1.54) is 18.7 Å². The summed E-state index contributed by atoms with van der Waals surface area (Å²) in [6, 6.07) is 3.60. The molecule has 2 aromatic heterocycles. The molecule has 11 nitrogen and oxygen atoms in total. The summed E-state index contributed by atoms with van der Waals surface area (Å²) >= 11 is 0. The minimum absolute atomic E-state index is 0.00398. The molecule has 11 heteroatoms. The van der Waals surface area contributed by atoms with E-state index in [2.05, 4.69) is 15.4 Å². The Morgan fingerprint density at radius 2 is 1.94 bits per heavy atom. The van der Waals surface area contributed by atoms with Crippen LogP contribution in [0.25, 0.3) is 0 Å². The molecule has 0 spiro atoms. The van der Waals surface area contributed by atoms with Crippen molar-refractivity contribution in [3.05, 3.63) is 50.6 Å². The number of likely N-dealkylation sites (tertiary alicyclic amines) is 1. The molecule has 34 heavy (non-hydrogen) atoms. The molecule has 0 radical (unpaired) electrons. The van der Waals surface area contributed by atoms with Gasteiger partial charge in [0.2, 0.25) is 5.69 Å². The second-order valence-electron chi connectivity index (χ2n) is 8.48. The fourth-order valence-corrected chi connectivity index (χ4v) is 4.27. The molecule has 1 saturated heterocycles. The van der Waals surface area contributed by atoms with E-state index in [1.54, 1.807) is 11.0 Å².